The summed E-state index contributed by atoms with van der Waals surface area (Å²) in [6.07, 6.45) is 0.605. The van der Waals surface area contributed by atoms with E-state index in [0.29, 0.717) is 6.20 Å². The average Bonchev–Trinajstić information content (AvgIpc) is 2.90. The minimum Gasteiger partial charge on any atom is -0.495 e. The number of hydrogen-bond acceptors (Lipinski definition) is 6. The Morgan fingerprint density at radius 3 is 2.02 bits per heavy atom. The highest BCUT2D eigenvalue weighted by Gasteiger charge is 2.34. The summed E-state index contributed by atoms with van der Waals surface area (Å²) in [4.78, 5) is 18.7. The smallest absolute Gasteiger partial charge is 0.340 e. The standard InChI is InChI=1S/C23H17BrF6IN3O5S/c1-23(2,31)33(3)22(35)34(13-8-12(25)11(24)7-14(13)38-4)15-6-5-10(9-32-15)40(36,37)39-21-19(29)17(27)16(26)18(28)20(21)30/h5-9H,1-4H3. The van der Waals surface area contributed by atoms with Crippen LogP contribution in [0.1, 0.15) is 13.8 Å². The zero-order valence-electron chi connectivity index (χ0n) is 20.7. The van der Waals surface area contributed by atoms with Crippen LogP contribution in [0.5, 0.6) is 11.5 Å². The monoisotopic (exact) mass is 767 g/mol. The Kier molecular flexibility index (Phi) is 9.19. The van der Waals surface area contributed by atoms with E-state index < -0.39 is 65.2 Å². The van der Waals surface area contributed by atoms with Crippen molar-refractivity contribution in [2.45, 2.75) is 22.3 Å². The normalized spacial score (nSPS) is 11.8. The van der Waals surface area contributed by atoms with Gasteiger partial charge in [-0.1, -0.05) is 22.6 Å². The van der Waals surface area contributed by atoms with E-state index in [4.69, 9.17) is 4.74 Å². The highest BCUT2D eigenvalue weighted by atomic mass is 127. The fourth-order valence-electron chi connectivity index (χ4n) is 3.03. The molecule has 8 nitrogen and oxygen atoms in total. The van der Waals surface area contributed by atoms with Gasteiger partial charge in [-0.25, -0.2) is 32.2 Å². The van der Waals surface area contributed by atoms with Crippen LogP contribution < -0.4 is 13.8 Å². The largest absolute Gasteiger partial charge is 0.495 e. The second-order valence-electron chi connectivity index (χ2n) is 8.31. The van der Waals surface area contributed by atoms with Gasteiger partial charge in [-0.15, -0.1) is 0 Å². The van der Waals surface area contributed by atoms with Crippen molar-refractivity contribution in [2.24, 2.45) is 0 Å². The van der Waals surface area contributed by atoms with E-state index >= 15 is 0 Å². The van der Waals surface area contributed by atoms with E-state index in [1.165, 1.54) is 25.1 Å². The molecule has 0 N–H and O–H groups in total. The molecule has 17 heteroatoms. The lowest BCUT2D eigenvalue weighted by Gasteiger charge is -2.35. The molecular weight excluding hydrogens is 751 g/mol. The summed E-state index contributed by atoms with van der Waals surface area (Å²) in [6.45, 7) is 3.39. The van der Waals surface area contributed by atoms with Gasteiger partial charge >= 0.3 is 16.1 Å². The number of urea groups is 1. The fraction of sp³-hybridized carbons (Fsp3) is 0.217. The molecule has 0 unspecified atom stereocenters. The van der Waals surface area contributed by atoms with Gasteiger partial charge < -0.3 is 13.8 Å². The van der Waals surface area contributed by atoms with Crippen molar-refractivity contribution in [3.63, 3.8) is 0 Å². The molecule has 2 aromatic carbocycles. The van der Waals surface area contributed by atoms with Gasteiger partial charge in [-0.05, 0) is 48.0 Å². The number of rotatable bonds is 7. The van der Waals surface area contributed by atoms with Crippen molar-refractivity contribution < 1.29 is 48.5 Å². The van der Waals surface area contributed by atoms with E-state index in [1.54, 1.807) is 13.8 Å². The number of aromatic nitrogens is 1. The van der Waals surface area contributed by atoms with Gasteiger partial charge in [0.2, 0.25) is 34.8 Å². The Morgan fingerprint density at radius 2 is 1.55 bits per heavy atom. The molecule has 3 rings (SSSR count). The second-order valence-corrected chi connectivity index (χ2v) is 13.4. The molecule has 0 atom stereocenters. The molecule has 1 heterocycles. The molecule has 0 saturated heterocycles. The van der Waals surface area contributed by atoms with Gasteiger partial charge in [0.15, 0.2) is 0 Å². The molecule has 0 radical (unpaired) electrons. The summed E-state index contributed by atoms with van der Waals surface area (Å²) in [5, 5.41) is 0. The molecule has 0 saturated carbocycles. The summed E-state index contributed by atoms with van der Waals surface area (Å²) in [5.41, 5.74) is -0.124. The average molecular weight is 768 g/mol. The maximum atomic E-state index is 14.5. The van der Waals surface area contributed by atoms with Crippen LogP contribution in [0, 0.1) is 34.9 Å². The van der Waals surface area contributed by atoms with Crippen molar-refractivity contribution in [3.8, 4) is 11.5 Å². The molecule has 0 aliphatic rings. The maximum Gasteiger partial charge on any atom is 0.340 e. The lowest BCUT2D eigenvalue weighted by Crippen LogP contribution is -2.47. The van der Waals surface area contributed by atoms with E-state index in [9.17, 15) is 39.6 Å². The van der Waals surface area contributed by atoms with Crippen molar-refractivity contribution >= 4 is 66.2 Å². The zero-order valence-corrected chi connectivity index (χ0v) is 25.3. The zero-order chi connectivity index (χ0) is 30.3. The first kappa shape index (κ1) is 31.7. The van der Waals surface area contributed by atoms with Crippen LogP contribution in [-0.2, 0) is 10.1 Å². The predicted octanol–water partition coefficient (Wildman–Crippen LogP) is 6.82. The SMILES string of the molecule is COc1cc(Br)c(F)cc1N(C(=O)N(C)C(C)(C)I)c1ccc(S(=O)(=O)Oc2c(F)c(F)c(F)c(F)c2F)cn1. The first-order valence-corrected chi connectivity index (χ1v) is 13.9. The Hall–Kier alpha value is -2.80. The maximum absolute atomic E-state index is 14.5. The Balaban J connectivity index is 2.11. The number of alkyl halides is 1. The van der Waals surface area contributed by atoms with Crippen LogP contribution in [0.2, 0.25) is 0 Å². The summed E-state index contributed by atoms with van der Waals surface area (Å²) in [7, 11) is -2.49. The third-order valence-electron chi connectivity index (χ3n) is 5.34. The first-order valence-electron chi connectivity index (χ1n) is 10.6. The van der Waals surface area contributed by atoms with Gasteiger partial charge in [-0.3, -0.25) is 0 Å². The predicted molar refractivity (Wildman–Crippen MR) is 142 cm³/mol. The quantitative estimate of drug-likeness (QED) is 0.0499. The molecule has 3 aromatic rings. The van der Waals surface area contributed by atoms with Gasteiger partial charge in [-0.2, -0.15) is 17.2 Å². The van der Waals surface area contributed by atoms with Gasteiger partial charge in [0, 0.05) is 13.1 Å². The molecule has 216 valence electrons. The molecule has 40 heavy (non-hydrogen) atoms. The number of ether oxygens (including phenoxy) is 1. The van der Waals surface area contributed by atoms with Crippen LogP contribution in [0.3, 0.4) is 0 Å². The number of benzene rings is 2. The number of carbonyl (C=O) groups excluding carboxylic acids is 1. The molecule has 0 aliphatic heterocycles. The summed E-state index contributed by atoms with van der Waals surface area (Å²) >= 11 is 4.99. The molecule has 0 aliphatic carbocycles. The number of pyridine rings is 1. The number of nitrogens with zero attached hydrogens (tertiary/aromatic N) is 3. The second kappa shape index (κ2) is 11.6. The summed E-state index contributed by atoms with van der Waals surface area (Å²) < 4.78 is 117. The first-order chi connectivity index (χ1) is 18.4. The van der Waals surface area contributed by atoms with Crippen LogP contribution in [0.4, 0.5) is 42.6 Å². The Labute approximate surface area is 246 Å². The molecule has 1 aromatic heterocycles. The number of methoxy groups -OCH3 is 1. The van der Waals surface area contributed by atoms with Gasteiger partial charge in [0.25, 0.3) is 0 Å². The summed E-state index contributed by atoms with van der Waals surface area (Å²) in [5.74, 6) is -15.4. The number of amides is 2. The summed E-state index contributed by atoms with van der Waals surface area (Å²) in [6, 6.07) is 3.23. The number of hydrogen-bond donors (Lipinski definition) is 0. The third kappa shape index (κ3) is 6.09. The lowest BCUT2D eigenvalue weighted by atomic mass is 10.2. The van der Waals surface area contributed by atoms with Crippen molar-refractivity contribution in [1.82, 2.24) is 9.88 Å². The fourth-order valence-corrected chi connectivity index (χ4v) is 4.43. The Morgan fingerprint density at radius 1 is 1.00 bits per heavy atom. The van der Waals surface area contributed by atoms with Crippen molar-refractivity contribution in [1.29, 1.82) is 0 Å². The topological polar surface area (TPSA) is 89.0 Å². The molecule has 0 bridgehead atoms. The van der Waals surface area contributed by atoms with E-state index in [-0.39, 0.29) is 21.7 Å². The van der Waals surface area contributed by atoms with E-state index in [1.807, 2.05) is 22.6 Å². The number of anilines is 2. The van der Waals surface area contributed by atoms with Crippen LogP contribution >= 0.6 is 38.5 Å². The third-order valence-corrected chi connectivity index (χ3v) is 7.88. The minimum atomic E-state index is -5.20. The van der Waals surface area contributed by atoms with Crippen LogP contribution in [0.15, 0.2) is 39.8 Å². The number of carbonyl (C=O) groups is 1. The van der Waals surface area contributed by atoms with Crippen LogP contribution in [-0.4, -0.2) is 42.0 Å². The Bertz CT molecular complexity index is 1560. The van der Waals surface area contributed by atoms with Crippen molar-refractivity contribution in [3.05, 3.63) is 69.8 Å². The molecule has 0 spiro atoms. The lowest BCUT2D eigenvalue weighted by molar-refractivity contribution is 0.203. The molecular formula is C23H17BrF6IN3O5S. The van der Waals surface area contributed by atoms with Crippen LogP contribution in [0.25, 0.3) is 0 Å². The van der Waals surface area contributed by atoms with E-state index in [2.05, 4.69) is 25.1 Å². The van der Waals surface area contributed by atoms with E-state index in [0.717, 1.165) is 23.1 Å². The van der Waals surface area contributed by atoms with Crippen molar-refractivity contribution in [2.75, 3.05) is 19.1 Å². The molecule has 0 fully saturated rings. The van der Waals surface area contributed by atoms with Gasteiger partial charge in [0.1, 0.15) is 22.3 Å². The van der Waals surface area contributed by atoms with Gasteiger partial charge in [0.05, 0.1) is 27.0 Å². The highest BCUT2D eigenvalue weighted by molar-refractivity contribution is 14.1. The highest BCUT2D eigenvalue weighted by Crippen LogP contribution is 2.39. The minimum absolute atomic E-state index is 0.0164. The number of halogens is 8. The molecule has 2 amide bonds.